The lowest BCUT2D eigenvalue weighted by Crippen LogP contribution is -1.99. The minimum Gasteiger partial charge on any atom is -0.478 e. The number of aryl methyl sites for hydroxylation is 1. The van der Waals surface area contributed by atoms with Crippen molar-refractivity contribution in [3.63, 3.8) is 0 Å². The molecule has 86 valence electrons. The van der Waals surface area contributed by atoms with E-state index in [4.69, 9.17) is 5.11 Å². The third-order valence-corrected chi connectivity index (χ3v) is 3.31. The molecular formula is C13H10O3S. The highest BCUT2D eigenvalue weighted by atomic mass is 32.1. The number of carboxylic acid groups (broad SMARTS) is 1. The molecule has 0 fully saturated rings. The van der Waals surface area contributed by atoms with Gasteiger partial charge in [-0.25, -0.2) is 4.79 Å². The number of carbonyl (C=O) groups excluding carboxylic acids is 1. The van der Waals surface area contributed by atoms with Gasteiger partial charge in [-0.1, -0.05) is 17.7 Å². The van der Waals surface area contributed by atoms with Gasteiger partial charge in [-0.2, -0.15) is 0 Å². The zero-order chi connectivity index (χ0) is 12.4. The summed E-state index contributed by atoms with van der Waals surface area (Å²) in [6.07, 6.45) is 0.767. The van der Waals surface area contributed by atoms with Crippen LogP contribution in [-0.4, -0.2) is 17.4 Å². The number of hydrogen-bond donors (Lipinski definition) is 1. The van der Waals surface area contributed by atoms with Crippen molar-refractivity contribution in [3.8, 4) is 11.1 Å². The Kier molecular flexibility index (Phi) is 3.06. The molecule has 0 saturated carbocycles. The maximum Gasteiger partial charge on any atom is 0.336 e. The van der Waals surface area contributed by atoms with Crippen molar-refractivity contribution in [2.45, 2.75) is 6.92 Å². The largest absolute Gasteiger partial charge is 0.478 e. The summed E-state index contributed by atoms with van der Waals surface area (Å²) < 4.78 is 0. The summed E-state index contributed by atoms with van der Waals surface area (Å²) in [6.45, 7) is 1.85. The summed E-state index contributed by atoms with van der Waals surface area (Å²) >= 11 is 1.31. The molecule has 3 nitrogen and oxygen atoms in total. The maximum absolute atomic E-state index is 11.2. The van der Waals surface area contributed by atoms with E-state index >= 15 is 0 Å². The predicted octanol–water partition coefficient (Wildman–Crippen LogP) is 3.23. The van der Waals surface area contributed by atoms with Gasteiger partial charge in [0.25, 0.3) is 0 Å². The van der Waals surface area contributed by atoms with Crippen LogP contribution < -0.4 is 0 Å². The number of rotatable bonds is 3. The molecule has 0 aliphatic heterocycles. The summed E-state index contributed by atoms with van der Waals surface area (Å²) in [6, 6.07) is 6.97. The monoisotopic (exact) mass is 246 g/mol. The number of aldehydes is 1. The Labute approximate surface area is 102 Å². The van der Waals surface area contributed by atoms with E-state index in [2.05, 4.69) is 0 Å². The SMILES string of the molecule is Cc1ccc(-c2csc(C=O)c2)c(C(=O)O)c1. The van der Waals surface area contributed by atoms with Crippen LogP contribution in [0.1, 0.15) is 25.6 Å². The molecule has 0 saturated heterocycles. The van der Waals surface area contributed by atoms with Gasteiger partial charge in [-0.3, -0.25) is 4.79 Å². The second-order valence-corrected chi connectivity index (χ2v) is 4.65. The van der Waals surface area contributed by atoms with Crippen LogP contribution >= 0.6 is 11.3 Å². The molecule has 17 heavy (non-hydrogen) atoms. The second kappa shape index (κ2) is 4.51. The maximum atomic E-state index is 11.2. The lowest BCUT2D eigenvalue weighted by molar-refractivity contribution is 0.0697. The molecule has 1 aromatic carbocycles. The highest BCUT2D eigenvalue weighted by Gasteiger charge is 2.13. The van der Waals surface area contributed by atoms with Crippen LogP contribution in [0.15, 0.2) is 29.6 Å². The Hall–Kier alpha value is -1.94. The van der Waals surface area contributed by atoms with Crippen molar-refractivity contribution in [2.24, 2.45) is 0 Å². The summed E-state index contributed by atoms with van der Waals surface area (Å²) in [5.74, 6) is -0.956. The lowest BCUT2D eigenvalue weighted by atomic mass is 10.00. The summed E-state index contributed by atoms with van der Waals surface area (Å²) in [4.78, 5) is 22.4. The molecule has 0 radical (unpaired) electrons. The zero-order valence-electron chi connectivity index (χ0n) is 9.14. The molecule has 2 rings (SSSR count). The van der Waals surface area contributed by atoms with E-state index in [1.165, 1.54) is 11.3 Å². The fraction of sp³-hybridized carbons (Fsp3) is 0.0769. The molecule has 0 aliphatic carbocycles. The molecular weight excluding hydrogens is 236 g/mol. The molecule has 2 aromatic rings. The average Bonchev–Trinajstić information content (AvgIpc) is 2.77. The summed E-state index contributed by atoms with van der Waals surface area (Å²) in [5.41, 5.74) is 2.58. The molecule has 0 atom stereocenters. The van der Waals surface area contributed by atoms with Gasteiger partial charge in [0.05, 0.1) is 10.4 Å². The van der Waals surface area contributed by atoms with E-state index in [-0.39, 0.29) is 5.56 Å². The molecule has 1 aromatic heterocycles. The third-order valence-electron chi connectivity index (χ3n) is 2.45. The van der Waals surface area contributed by atoms with Crippen molar-refractivity contribution in [1.29, 1.82) is 0 Å². The van der Waals surface area contributed by atoms with Crippen LogP contribution in [0.2, 0.25) is 0 Å². The first-order valence-electron chi connectivity index (χ1n) is 5.00. The molecule has 0 bridgehead atoms. The Morgan fingerprint density at radius 2 is 2.12 bits per heavy atom. The van der Waals surface area contributed by atoms with Crippen LogP contribution in [0, 0.1) is 6.92 Å². The minimum atomic E-state index is -0.956. The Balaban J connectivity index is 2.58. The average molecular weight is 246 g/mol. The van der Waals surface area contributed by atoms with Crippen LogP contribution in [0.25, 0.3) is 11.1 Å². The fourth-order valence-corrected chi connectivity index (χ4v) is 2.35. The Morgan fingerprint density at radius 3 is 2.71 bits per heavy atom. The van der Waals surface area contributed by atoms with Gasteiger partial charge in [0.2, 0.25) is 0 Å². The molecule has 0 amide bonds. The molecule has 0 spiro atoms. The van der Waals surface area contributed by atoms with Crippen LogP contribution in [0.3, 0.4) is 0 Å². The minimum absolute atomic E-state index is 0.264. The summed E-state index contributed by atoms with van der Waals surface area (Å²) in [5, 5.41) is 10.9. The van der Waals surface area contributed by atoms with E-state index < -0.39 is 5.97 Å². The van der Waals surface area contributed by atoms with Gasteiger partial charge in [0.1, 0.15) is 0 Å². The first kappa shape index (κ1) is 11.5. The first-order chi connectivity index (χ1) is 8.11. The molecule has 0 unspecified atom stereocenters. The highest BCUT2D eigenvalue weighted by Crippen LogP contribution is 2.28. The van der Waals surface area contributed by atoms with Crippen molar-refractivity contribution in [1.82, 2.24) is 0 Å². The quantitative estimate of drug-likeness (QED) is 0.846. The highest BCUT2D eigenvalue weighted by molar-refractivity contribution is 7.12. The number of hydrogen-bond acceptors (Lipinski definition) is 3. The normalized spacial score (nSPS) is 10.2. The fourth-order valence-electron chi connectivity index (χ4n) is 1.64. The van der Waals surface area contributed by atoms with Gasteiger partial charge in [0, 0.05) is 0 Å². The van der Waals surface area contributed by atoms with Crippen molar-refractivity contribution in [3.05, 3.63) is 45.6 Å². The van der Waals surface area contributed by atoms with Crippen molar-refractivity contribution in [2.75, 3.05) is 0 Å². The van der Waals surface area contributed by atoms with Crippen LogP contribution in [-0.2, 0) is 0 Å². The van der Waals surface area contributed by atoms with Crippen molar-refractivity contribution < 1.29 is 14.7 Å². The van der Waals surface area contributed by atoms with E-state index in [9.17, 15) is 9.59 Å². The molecule has 1 heterocycles. The van der Waals surface area contributed by atoms with Gasteiger partial charge < -0.3 is 5.11 Å². The van der Waals surface area contributed by atoms with Crippen LogP contribution in [0.5, 0.6) is 0 Å². The van der Waals surface area contributed by atoms with Crippen molar-refractivity contribution >= 4 is 23.6 Å². The smallest absolute Gasteiger partial charge is 0.336 e. The molecule has 4 heteroatoms. The van der Waals surface area contributed by atoms with Gasteiger partial charge in [-0.05, 0) is 35.6 Å². The first-order valence-corrected chi connectivity index (χ1v) is 5.88. The molecule has 0 aliphatic rings. The van der Waals surface area contributed by atoms with E-state index in [1.807, 2.05) is 13.0 Å². The topological polar surface area (TPSA) is 54.4 Å². The van der Waals surface area contributed by atoms with Gasteiger partial charge in [-0.15, -0.1) is 11.3 Å². The second-order valence-electron chi connectivity index (χ2n) is 3.71. The molecule has 1 N–H and O–H groups in total. The van der Waals surface area contributed by atoms with Gasteiger partial charge in [0.15, 0.2) is 6.29 Å². The Bertz CT molecular complexity index is 584. The van der Waals surface area contributed by atoms with Gasteiger partial charge >= 0.3 is 5.97 Å². The Morgan fingerprint density at radius 1 is 1.35 bits per heavy atom. The number of benzene rings is 1. The van der Waals surface area contributed by atoms with E-state index in [0.717, 1.165) is 17.4 Å². The zero-order valence-corrected chi connectivity index (χ0v) is 9.95. The number of thiophene rings is 1. The lowest BCUT2D eigenvalue weighted by Gasteiger charge is -2.05. The summed E-state index contributed by atoms with van der Waals surface area (Å²) in [7, 11) is 0. The van der Waals surface area contributed by atoms with Crippen LogP contribution in [0.4, 0.5) is 0 Å². The van der Waals surface area contributed by atoms with E-state index in [0.29, 0.717) is 10.4 Å². The predicted molar refractivity (Wildman–Crippen MR) is 66.8 cm³/mol. The number of aromatic carboxylic acids is 1. The standard InChI is InChI=1S/C13H10O3S/c1-8-2-3-11(12(4-8)13(15)16)9-5-10(6-14)17-7-9/h2-7H,1H3,(H,15,16). The number of carboxylic acids is 1. The van der Waals surface area contributed by atoms with E-state index in [1.54, 1.807) is 23.6 Å². The number of carbonyl (C=O) groups is 2. The third kappa shape index (κ3) is 2.26.